The van der Waals surface area contributed by atoms with Gasteiger partial charge in [-0.1, -0.05) is 35.3 Å². The fraction of sp³-hybridized carbons (Fsp3) is 0.167. The molecule has 0 aliphatic rings. The average molecular weight is 272 g/mol. The van der Waals surface area contributed by atoms with Crippen molar-refractivity contribution in [3.8, 4) is 11.1 Å². The van der Waals surface area contributed by atoms with Gasteiger partial charge >= 0.3 is 0 Å². The van der Waals surface area contributed by atoms with Crippen LogP contribution in [0.5, 0.6) is 0 Å². The molecular formula is C12H11Cl2NS. The van der Waals surface area contributed by atoms with Crippen molar-refractivity contribution in [2.45, 2.75) is 0 Å². The van der Waals surface area contributed by atoms with Gasteiger partial charge in [-0.25, -0.2) is 0 Å². The van der Waals surface area contributed by atoms with Crippen LogP contribution in [0.15, 0.2) is 29.6 Å². The first-order valence-electron chi connectivity index (χ1n) is 4.80. The predicted molar refractivity (Wildman–Crippen MR) is 74.1 cm³/mol. The molecule has 2 rings (SSSR count). The summed E-state index contributed by atoms with van der Waals surface area (Å²) < 4.78 is 0.797. The van der Waals surface area contributed by atoms with Gasteiger partial charge in [0.05, 0.1) is 5.69 Å². The Morgan fingerprint density at radius 2 is 1.94 bits per heavy atom. The van der Waals surface area contributed by atoms with Gasteiger partial charge < -0.3 is 4.90 Å². The van der Waals surface area contributed by atoms with E-state index in [2.05, 4.69) is 10.3 Å². The van der Waals surface area contributed by atoms with Crippen LogP contribution in [-0.2, 0) is 0 Å². The van der Waals surface area contributed by atoms with Crippen molar-refractivity contribution in [3.63, 3.8) is 0 Å². The van der Waals surface area contributed by atoms with E-state index in [4.69, 9.17) is 23.2 Å². The van der Waals surface area contributed by atoms with Gasteiger partial charge in [0, 0.05) is 30.1 Å². The zero-order valence-corrected chi connectivity index (χ0v) is 11.3. The highest BCUT2D eigenvalue weighted by Crippen LogP contribution is 2.41. The van der Waals surface area contributed by atoms with Crippen molar-refractivity contribution in [2.75, 3.05) is 19.0 Å². The number of thiophene rings is 1. The van der Waals surface area contributed by atoms with Gasteiger partial charge in [-0.15, -0.1) is 11.3 Å². The van der Waals surface area contributed by atoms with Gasteiger partial charge in [0.2, 0.25) is 0 Å². The molecule has 0 N–H and O–H groups in total. The zero-order chi connectivity index (χ0) is 11.7. The van der Waals surface area contributed by atoms with E-state index in [0.29, 0.717) is 0 Å². The predicted octanol–water partition coefficient (Wildman–Crippen LogP) is 4.79. The molecule has 1 nitrogen and oxygen atoms in total. The highest BCUT2D eigenvalue weighted by atomic mass is 35.5. The third kappa shape index (κ3) is 2.19. The molecule has 1 aromatic heterocycles. The molecule has 4 heteroatoms. The Morgan fingerprint density at radius 3 is 2.56 bits per heavy atom. The molecule has 0 amide bonds. The first-order valence-corrected chi connectivity index (χ1v) is 6.43. The number of nitrogens with zero attached hydrogens (tertiary/aromatic N) is 1. The molecule has 1 heterocycles. The second-order valence-corrected chi connectivity index (χ2v) is 5.59. The Labute approximate surface area is 109 Å². The molecule has 1 aromatic carbocycles. The second-order valence-electron chi connectivity index (χ2n) is 3.67. The number of hydrogen-bond acceptors (Lipinski definition) is 2. The number of rotatable bonds is 2. The summed E-state index contributed by atoms with van der Waals surface area (Å²) in [6, 6.07) is 7.75. The molecule has 0 aliphatic carbocycles. The molecule has 2 aromatic rings. The van der Waals surface area contributed by atoms with E-state index in [1.54, 1.807) is 11.3 Å². The smallest absolute Gasteiger partial charge is 0.103 e. The highest BCUT2D eigenvalue weighted by molar-refractivity contribution is 7.15. The van der Waals surface area contributed by atoms with Crippen molar-refractivity contribution in [1.29, 1.82) is 0 Å². The molecule has 0 fully saturated rings. The van der Waals surface area contributed by atoms with Crippen LogP contribution in [0.2, 0.25) is 9.36 Å². The average Bonchev–Trinajstić information content (AvgIpc) is 2.60. The minimum atomic E-state index is 0.726. The second kappa shape index (κ2) is 4.66. The fourth-order valence-corrected chi connectivity index (χ4v) is 2.97. The summed E-state index contributed by atoms with van der Waals surface area (Å²) in [5, 5.41) is 2.78. The number of hydrogen-bond donors (Lipinski definition) is 0. The summed E-state index contributed by atoms with van der Waals surface area (Å²) in [6.07, 6.45) is 0. The molecule has 0 bridgehead atoms. The van der Waals surface area contributed by atoms with Crippen molar-refractivity contribution < 1.29 is 0 Å². The number of halogens is 2. The van der Waals surface area contributed by atoms with Gasteiger partial charge in [0.25, 0.3) is 0 Å². The van der Waals surface area contributed by atoms with E-state index >= 15 is 0 Å². The number of benzene rings is 1. The van der Waals surface area contributed by atoms with Crippen LogP contribution >= 0.6 is 34.5 Å². The minimum absolute atomic E-state index is 0.726. The third-order valence-electron chi connectivity index (χ3n) is 2.32. The van der Waals surface area contributed by atoms with Crippen LogP contribution in [0, 0.1) is 0 Å². The normalized spacial score (nSPS) is 10.5. The lowest BCUT2D eigenvalue weighted by Gasteiger charge is -2.13. The first kappa shape index (κ1) is 11.8. The van der Waals surface area contributed by atoms with Crippen molar-refractivity contribution in [2.24, 2.45) is 0 Å². The standard InChI is InChI=1S/C12H11Cl2NS/c1-15(2)10-7-16-12(14)11(10)8-4-3-5-9(13)6-8/h3-7H,1-2H3. The molecule has 0 spiro atoms. The van der Waals surface area contributed by atoms with E-state index in [0.717, 1.165) is 26.2 Å². The maximum absolute atomic E-state index is 6.22. The Hall–Kier alpha value is -0.700. The van der Waals surface area contributed by atoms with Crippen LogP contribution < -0.4 is 4.90 Å². The first-order chi connectivity index (χ1) is 7.59. The van der Waals surface area contributed by atoms with Crippen LogP contribution in [-0.4, -0.2) is 14.1 Å². The van der Waals surface area contributed by atoms with Gasteiger partial charge in [-0.3, -0.25) is 0 Å². The zero-order valence-electron chi connectivity index (χ0n) is 9.00. The Balaban J connectivity index is 2.59. The molecule has 0 saturated carbocycles. The van der Waals surface area contributed by atoms with Crippen molar-refractivity contribution >= 4 is 40.2 Å². The summed E-state index contributed by atoms with van der Waals surface area (Å²) in [4.78, 5) is 2.05. The summed E-state index contributed by atoms with van der Waals surface area (Å²) in [5.41, 5.74) is 3.24. The van der Waals surface area contributed by atoms with Crippen molar-refractivity contribution in [3.05, 3.63) is 39.0 Å². The van der Waals surface area contributed by atoms with Crippen LogP contribution in [0.4, 0.5) is 5.69 Å². The summed E-state index contributed by atoms with van der Waals surface area (Å²) in [7, 11) is 4.01. The van der Waals surface area contributed by atoms with E-state index < -0.39 is 0 Å². The molecule has 0 aliphatic heterocycles. The van der Waals surface area contributed by atoms with E-state index in [1.807, 2.05) is 38.4 Å². The maximum Gasteiger partial charge on any atom is 0.103 e. The van der Waals surface area contributed by atoms with Gasteiger partial charge in [-0.05, 0) is 17.7 Å². The summed E-state index contributed by atoms with van der Waals surface area (Å²) in [5.74, 6) is 0. The van der Waals surface area contributed by atoms with E-state index in [9.17, 15) is 0 Å². The number of anilines is 1. The van der Waals surface area contributed by atoms with E-state index in [-0.39, 0.29) is 0 Å². The maximum atomic E-state index is 6.22. The van der Waals surface area contributed by atoms with Crippen LogP contribution in [0.25, 0.3) is 11.1 Å². The molecular weight excluding hydrogens is 261 g/mol. The van der Waals surface area contributed by atoms with Crippen LogP contribution in [0.1, 0.15) is 0 Å². The van der Waals surface area contributed by atoms with Gasteiger partial charge in [0.15, 0.2) is 0 Å². The van der Waals surface area contributed by atoms with Crippen LogP contribution in [0.3, 0.4) is 0 Å². The SMILES string of the molecule is CN(C)c1csc(Cl)c1-c1cccc(Cl)c1. The Bertz CT molecular complexity index is 505. The monoisotopic (exact) mass is 271 g/mol. The highest BCUT2D eigenvalue weighted by Gasteiger charge is 2.13. The third-order valence-corrected chi connectivity index (χ3v) is 3.77. The lowest BCUT2D eigenvalue weighted by molar-refractivity contribution is 1.14. The molecule has 16 heavy (non-hydrogen) atoms. The van der Waals surface area contributed by atoms with Crippen molar-refractivity contribution in [1.82, 2.24) is 0 Å². The largest absolute Gasteiger partial charge is 0.376 e. The molecule has 0 saturated heterocycles. The fourth-order valence-electron chi connectivity index (χ4n) is 1.56. The Kier molecular flexibility index (Phi) is 3.43. The summed E-state index contributed by atoms with van der Waals surface area (Å²) >= 11 is 13.8. The molecule has 84 valence electrons. The quantitative estimate of drug-likeness (QED) is 0.759. The topological polar surface area (TPSA) is 3.24 Å². The minimum Gasteiger partial charge on any atom is -0.376 e. The van der Waals surface area contributed by atoms with E-state index in [1.165, 1.54) is 0 Å². The lowest BCUT2D eigenvalue weighted by atomic mass is 10.1. The lowest BCUT2D eigenvalue weighted by Crippen LogP contribution is -2.08. The van der Waals surface area contributed by atoms with Gasteiger partial charge in [-0.2, -0.15) is 0 Å². The molecule has 0 radical (unpaired) electrons. The van der Waals surface area contributed by atoms with Gasteiger partial charge in [0.1, 0.15) is 4.34 Å². The Morgan fingerprint density at radius 1 is 1.19 bits per heavy atom. The molecule has 0 atom stereocenters. The summed E-state index contributed by atoms with van der Waals surface area (Å²) in [6.45, 7) is 0. The molecule has 0 unspecified atom stereocenters.